The molecule has 0 bridgehead atoms. The molecule has 4 rings (SSSR count). The van der Waals surface area contributed by atoms with Gasteiger partial charge in [-0.3, -0.25) is 5.10 Å². The van der Waals surface area contributed by atoms with Gasteiger partial charge in [0.2, 0.25) is 11.5 Å². The Morgan fingerprint density at radius 1 is 1.21 bits per heavy atom. The van der Waals surface area contributed by atoms with Crippen molar-refractivity contribution in [2.24, 2.45) is 0 Å². The highest BCUT2D eigenvalue weighted by Gasteiger charge is 2.46. The number of anilines is 1. The van der Waals surface area contributed by atoms with Gasteiger partial charge in [0.15, 0.2) is 0 Å². The van der Waals surface area contributed by atoms with Gasteiger partial charge in [-0.25, -0.2) is 9.89 Å². The van der Waals surface area contributed by atoms with Crippen molar-refractivity contribution in [1.82, 2.24) is 10.2 Å². The van der Waals surface area contributed by atoms with Gasteiger partial charge < -0.3 is 22.1 Å². The van der Waals surface area contributed by atoms with Crippen LogP contribution in [0, 0.1) is 6.92 Å². The summed E-state index contributed by atoms with van der Waals surface area (Å²) < 4.78 is 3.00. The fourth-order valence-corrected chi connectivity index (χ4v) is 4.59. The zero-order valence-corrected chi connectivity index (χ0v) is 19.2. The largest absolute Gasteiger partial charge is 1.00 e. The summed E-state index contributed by atoms with van der Waals surface area (Å²) in [5.41, 5.74) is 1.88. The van der Waals surface area contributed by atoms with Crippen LogP contribution in [0.25, 0.3) is 0 Å². The molecule has 0 spiro atoms. The van der Waals surface area contributed by atoms with Crippen molar-refractivity contribution < 1.29 is 26.7 Å². The Bertz CT molecular complexity index is 975. The van der Waals surface area contributed by atoms with Crippen LogP contribution in [0.3, 0.4) is 0 Å². The standard InChI is InChI=1S/C20H19BrN4OS.BrH/c1-14-11-18(24-23-14)22-19-25(12-15-5-3-2-4-6-15)20(26,13-27-19)16-7-9-17(21)10-8-16;/h2-11,26H,12-13H2,1H3,(H,23,24);1H. The maximum atomic E-state index is 11.6. The molecule has 0 aliphatic carbocycles. The van der Waals surface area contributed by atoms with E-state index in [-0.39, 0.29) is 17.0 Å². The lowest BCUT2D eigenvalue weighted by Crippen LogP contribution is -3.00. The molecule has 1 unspecified atom stereocenters. The van der Waals surface area contributed by atoms with Gasteiger partial charge in [0.25, 0.3) is 0 Å². The second-order valence-corrected chi connectivity index (χ2v) is 8.43. The number of nitrogens with zero attached hydrogens (tertiary/aromatic N) is 2. The number of aromatic amines is 1. The molecular formula is C20H20Br2N4OS. The summed E-state index contributed by atoms with van der Waals surface area (Å²) in [5, 5.41) is 23.1. The first kappa shape index (κ1) is 21.1. The molecule has 3 aromatic rings. The van der Waals surface area contributed by atoms with Crippen LogP contribution in [-0.2, 0) is 12.3 Å². The minimum absolute atomic E-state index is 0. The van der Waals surface area contributed by atoms with Crippen molar-refractivity contribution in [1.29, 1.82) is 0 Å². The molecule has 28 heavy (non-hydrogen) atoms. The molecule has 1 aliphatic rings. The number of aryl methyl sites for hydroxylation is 1. The van der Waals surface area contributed by atoms with Gasteiger partial charge in [0, 0.05) is 21.8 Å². The lowest BCUT2D eigenvalue weighted by atomic mass is 10.0. The Balaban J connectivity index is 0.00000225. The SMILES string of the molecule is Cc1cc(NC2=[N+](Cc3ccccc3)C(O)(c3ccc(Br)cc3)CS2)n[nH]1.[Br-]. The van der Waals surface area contributed by atoms with E-state index >= 15 is 0 Å². The van der Waals surface area contributed by atoms with Gasteiger partial charge in [-0.1, -0.05) is 58.4 Å². The monoisotopic (exact) mass is 522 g/mol. The van der Waals surface area contributed by atoms with E-state index in [1.54, 1.807) is 11.8 Å². The lowest BCUT2D eigenvalue weighted by Gasteiger charge is -2.24. The third-order valence-corrected chi connectivity index (χ3v) is 6.20. The summed E-state index contributed by atoms with van der Waals surface area (Å²) in [6.45, 7) is 2.55. The first-order chi connectivity index (χ1) is 13.0. The minimum atomic E-state index is -1.10. The molecule has 0 saturated carbocycles. The van der Waals surface area contributed by atoms with E-state index < -0.39 is 5.72 Å². The van der Waals surface area contributed by atoms with Crippen molar-refractivity contribution in [3.63, 3.8) is 0 Å². The number of hydrogen-bond acceptors (Lipinski definition) is 4. The molecule has 0 saturated heterocycles. The van der Waals surface area contributed by atoms with Gasteiger partial charge in [-0.2, -0.15) is 0 Å². The smallest absolute Gasteiger partial charge is 0.315 e. The number of nitrogens with one attached hydrogen (secondary N) is 2. The summed E-state index contributed by atoms with van der Waals surface area (Å²) >= 11 is 5.06. The summed E-state index contributed by atoms with van der Waals surface area (Å²) in [7, 11) is 0. The Morgan fingerprint density at radius 2 is 1.93 bits per heavy atom. The number of thioether (sulfide) groups is 1. The third kappa shape index (κ3) is 4.35. The van der Waals surface area contributed by atoms with Gasteiger partial charge >= 0.3 is 5.17 Å². The van der Waals surface area contributed by atoms with Crippen molar-refractivity contribution in [3.05, 3.63) is 82.0 Å². The van der Waals surface area contributed by atoms with Crippen LogP contribution in [-0.4, -0.2) is 30.8 Å². The molecule has 1 atom stereocenters. The molecular weight excluding hydrogens is 504 g/mol. The number of benzene rings is 2. The first-order valence-electron chi connectivity index (χ1n) is 8.63. The van der Waals surface area contributed by atoms with Crippen LogP contribution >= 0.6 is 27.7 Å². The van der Waals surface area contributed by atoms with E-state index in [4.69, 9.17) is 0 Å². The predicted octanol–water partition coefficient (Wildman–Crippen LogP) is 1.06. The number of aliphatic hydroxyl groups is 1. The molecule has 0 amide bonds. The first-order valence-corrected chi connectivity index (χ1v) is 10.4. The van der Waals surface area contributed by atoms with Crippen LogP contribution in [0.1, 0.15) is 16.8 Å². The molecule has 0 radical (unpaired) electrons. The summed E-state index contributed by atoms with van der Waals surface area (Å²) in [4.78, 5) is 0. The van der Waals surface area contributed by atoms with E-state index in [1.165, 1.54) is 0 Å². The van der Waals surface area contributed by atoms with Crippen molar-refractivity contribution >= 4 is 38.7 Å². The highest BCUT2D eigenvalue weighted by atomic mass is 79.9. The Hall–Kier alpha value is -1.61. The average molecular weight is 524 g/mol. The molecule has 2 heterocycles. The lowest BCUT2D eigenvalue weighted by molar-refractivity contribution is -0.670. The number of hydrogen-bond donors (Lipinski definition) is 3. The van der Waals surface area contributed by atoms with Crippen molar-refractivity contribution in [2.45, 2.75) is 19.2 Å². The molecule has 1 aromatic heterocycles. The highest BCUT2D eigenvalue weighted by molar-refractivity contribution is 9.10. The zero-order valence-electron chi connectivity index (χ0n) is 15.2. The minimum Gasteiger partial charge on any atom is -1.00 e. The average Bonchev–Trinajstić information content (AvgIpc) is 3.22. The van der Waals surface area contributed by atoms with E-state index in [2.05, 4.69) is 43.6 Å². The van der Waals surface area contributed by atoms with Crippen molar-refractivity contribution in [3.8, 4) is 0 Å². The molecule has 0 fully saturated rings. The van der Waals surface area contributed by atoms with Crippen LogP contribution < -0.4 is 22.3 Å². The number of H-pyrrole nitrogens is 1. The molecule has 2 aromatic carbocycles. The van der Waals surface area contributed by atoms with Crippen LogP contribution in [0.2, 0.25) is 0 Å². The summed E-state index contributed by atoms with van der Waals surface area (Å²) in [6, 6.07) is 20.0. The number of halogens is 2. The number of aromatic nitrogens is 2. The molecule has 8 heteroatoms. The topological polar surface area (TPSA) is 63.9 Å². The van der Waals surface area contributed by atoms with Gasteiger partial charge in [0.05, 0.1) is 5.75 Å². The normalized spacial score (nSPS) is 18.8. The van der Waals surface area contributed by atoms with E-state index in [0.29, 0.717) is 12.3 Å². The van der Waals surface area contributed by atoms with Crippen molar-refractivity contribution in [2.75, 3.05) is 11.1 Å². The van der Waals surface area contributed by atoms with E-state index in [9.17, 15) is 5.11 Å². The van der Waals surface area contributed by atoms with Crippen LogP contribution in [0.15, 0.2) is 65.1 Å². The second kappa shape index (κ2) is 8.82. The summed E-state index contributed by atoms with van der Waals surface area (Å²) in [6.07, 6.45) is 0. The fourth-order valence-electron chi connectivity index (χ4n) is 3.11. The maximum absolute atomic E-state index is 11.6. The maximum Gasteiger partial charge on any atom is 0.315 e. The molecule has 1 aliphatic heterocycles. The van der Waals surface area contributed by atoms with Crippen LogP contribution in [0.5, 0.6) is 0 Å². The molecule has 146 valence electrons. The Morgan fingerprint density at radius 3 is 2.57 bits per heavy atom. The third-order valence-electron chi connectivity index (χ3n) is 4.53. The second-order valence-electron chi connectivity index (χ2n) is 6.55. The van der Waals surface area contributed by atoms with Gasteiger partial charge in [0.1, 0.15) is 6.54 Å². The predicted molar refractivity (Wildman–Crippen MR) is 113 cm³/mol. The molecule has 3 N–H and O–H groups in total. The summed E-state index contributed by atoms with van der Waals surface area (Å²) in [5.74, 6) is 1.28. The Labute approximate surface area is 187 Å². The number of amidine groups is 1. The van der Waals surface area contributed by atoms with E-state index in [0.717, 1.165) is 32.3 Å². The zero-order chi connectivity index (χ0) is 18.9. The molecule has 5 nitrogen and oxygen atoms in total. The Kier molecular flexibility index (Phi) is 6.65. The fraction of sp³-hybridized carbons (Fsp3) is 0.200. The quantitative estimate of drug-likeness (QED) is 0.447. The van der Waals surface area contributed by atoms with Crippen LogP contribution in [0.4, 0.5) is 5.82 Å². The highest BCUT2D eigenvalue weighted by Crippen LogP contribution is 2.36. The van der Waals surface area contributed by atoms with Gasteiger partial charge in [-0.15, -0.1) is 5.10 Å². The van der Waals surface area contributed by atoms with Gasteiger partial charge in [-0.05, 0) is 36.4 Å². The number of rotatable bonds is 4. The van der Waals surface area contributed by atoms with E-state index in [1.807, 2.05) is 60.0 Å².